The van der Waals surface area contributed by atoms with Gasteiger partial charge in [0.1, 0.15) is 0 Å². The van der Waals surface area contributed by atoms with E-state index in [9.17, 15) is 0 Å². The lowest BCUT2D eigenvalue weighted by Crippen LogP contribution is -2.20. The Morgan fingerprint density at radius 3 is 2.55 bits per heavy atom. The van der Waals surface area contributed by atoms with Crippen LogP contribution in [0.4, 0.5) is 0 Å². The molecule has 0 spiro atoms. The normalized spacial score (nSPS) is 12.4. The highest BCUT2D eigenvalue weighted by molar-refractivity contribution is 9.10. The molecule has 0 aliphatic carbocycles. The van der Waals surface area contributed by atoms with Crippen molar-refractivity contribution in [2.45, 2.75) is 19.4 Å². The van der Waals surface area contributed by atoms with Gasteiger partial charge < -0.3 is 5.32 Å². The summed E-state index contributed by atoms with van der Waals surface area (Å²) in [5.74, 6) is 0. The van der Waals surface area contributed by atoms with Gasteiger partial charge in [-0.2, -0.15) is 0 Å². The largest absolute Gasteiger partial charge is 0.313 e. The number of hydrogen-bond acceptors (Lipinski definition) is 1. The summed E-state index contributed by atoms with van der Waals surface area (Å²) in [4.78, 5) is 0. The van der Waals surface area contributed by atoms with Gasteiger partial charge in [-0.3, -0.25) is 0 Å². The second kappa shape index (κ2) is 6.95. The van der Waals surface area contributed by atoms with Crippen molar-refractivity contribution in [1.29, 1.82) is 0 Å². The number of rotatable bonds is 4. The van der Waals surface area contributed by atoms with Crippen LogP contribution in [-0.4, -0.2) is 7.05 Å². The lowest BCUT2D eigenvalue weighted by Gasteiger charge is -2.20. The minimum absolute atomic E-state index is 0.214. The number of likely N-dealkylation sites (N-methyl/N-ethyl adjacent to an activating group) is 1. The molecule has 1 atom stereocenters. The predicted octanol–water partition coefficient (Wildman–Crippen LogP) is 5.57. The van der Waals surface area contributed by atoms with Gasteiger partial charge in [-0.1, -0.05) is 51.3 Å². The van der Waals surface area contributed by atoms with E-state index in [2.05, 4.69) is 46.4 Å². The van der Waals surface area contributed by atoms with Gasteiger partial charge >= 0.3 is 0 Å². The molecule has 1 unspecified atom stereocenters. The molecule has 0 heterocycles. The Hall–Kier alpha value is -0.540. The van der Waals surface area contributed by atoms with Gasteiger partial charge in [0.05, 0.1) is 0 Å². The van der Waals surface area contributed by atoms with E-state index in [1.165, 1.54) is 11.1 Å². The number of halogens is 3. The smallest absolute Gasteiger partial charge is 0.0453 e. The summed E-state index contributed by atoms with van der Waals surface area (Å²) in [5, 5.41) is 4.74. The molecule has 0 bridgehead atoms. The van der Waals surface area contributed by atoms with Crippen LogP contribution in [0.5, 0.6) is 0 Å². The quantitative estimate of drug-likeness (QED) is 0.739. The minimum Gasteiger partial charge on any atom is -0.313 e. The standard InChI is InChI=1S/C16H16BrCl2N/c1-10-3-5-12(17)8-14(10)16(20-2)7-11-4-6-13(18)9-15(11)19/h3-6,8-9,16,20H,7H2,1-2H3. The van der Waals surface area contributed by atoms with Crippen LogP contribution in [0, 0.1) is 6.92 Å². The van der Waals surface area contributed by atoms with Gasteiger partial charge in [-0.25, -0.2) is 0 Å². The molecule has 1 nitrogen and oxygen atoms in total. The van der Waals surface area contributed by atoms with Gasteiger partial charge in [0, 0.05) is 20.6 Å². The molecule has 0 saturated carbocycles. The van der Waals surface area contributed by atoms with Gasteiger partial charge in [0.25, 0.3) is 0 Å². The van der Waals surface area contributed by atoms with Crippen LogP contribution in [0.2, 0.25) is 10.0 Å². The highest BCUT2D eigenvalue weighted by Gasteiger charge is 2.14. The average Bonchev–Trinajstić information content (AvgIpc) is 2.41. The highest BCUT2D eigenvalue weighted by Crippen LogP contribution is 2.28. The molecule has 0 fully saturated rings. The van der Waals surface area contributed by atoms with E-state index in [1.54, 1.807) is 6.07 Å². The maximum Gasteiger partial charge on any atom is 0.0453 e. The van der Waals surface area contributed by atoms with Crippen LogP contribution in [0.1, 0.15) is 22.7 Å². The number of nitrogens with one attached hydrogen (secondary N) is 1. The van der Waals surface area contributed by atoms with E-state index in [4.69, 9.17) is 23.2 Å². The summed E-state index contributed by atoms with van der Waals surface area (Å²) < 4.78 is 1.08. The molecule has 0 aromatic heterocycles. The van der Waals surface area contributed by atoms with Gasteiger partial charge in [-0.05, 0) is 61.3 Å². The molecule has 2 aromatic rings. The monoisotopic (exact) mass is 371 g/mol. The minimum atomic E-state index is 0.214. The number of benzene rings is 2. The van der Waals surface area contributed by atoms with Crippen molar-refractivity contribution in [3.05, 3.63) is 67.6 Å². The maximum atomic E-state index is 6.27. The zero-order chi connectivity index (χ0) is 14.7. The Labute approximate surface area is 138 Å². The van der Waals surface area contributed by atoms with Crippen molar-refractivity contribution in [3.63, 3.8) is 0 Å². The van der Waals surface area contributed by atoms with Gasteiger partial charge in [0.2, 0.25) is 0 Å². The number of hydrogen-bond donors (Lipinski definition) is 1. The summed E-state index contributed by atoms with van der Waals surface area (Å²) in [5.41, 5.74) is 3.63. The Morgan fingerprint density at radius 1 is 1.15 bits per heavy atom. The lowest BCUT2D eigenvalue weighted by atomic mass is 9.95. The van der Waals surface area contributed by atoms with Crippen molar-refractivity contribution >= 4 is 39.1 Å². The fraction of sp³-hybridized carbons (Fsp3) is 0.250. The molecule has 4 heteroatoms. The molecular formula is C16H16BrCl2N. The van der Waals surface area contributed by atoms with E-state index in [1.807, 2.05) is 19.2 Å². The van der Waals surface area contributed by atoms with Crippen molar-refractivity contribution in [3.8, 4) is 0 Å². The van der Waals surface area contributed by atoms with Gasteiger partial charge in [0.15, 0.2) is 0 Å². The first-order chi connectivity index (χ1) is 9.51. The van der Waals surface area contributed by atoms with Crippen molar-refractivity contribution < 1.29 is 0 Å². The summed E-state index contributed by atoms with van der Waals surface area (Å²) in [6.07, 6.45) is 0.823. The summed E-state index contributed by atoms with van der Waals surface area (Å²) in [6, 6.07) is 12.2. The fourth-order valence-electron chi connectivity index (χ4n) is 2.26. The molecule has 2 rings (SSSR count). The number of aryl methyl sites for hydroxylation is 1. The maximum absolute atomic E-state index is 6.27. The van der Waals surface area contributed by atoms with Crippen LogP contribution in [0.3, 0.4) is 0 Å². The average molecular weight is 373 g/mol. The first kappa shape index (κ1) is 15.8. The molecular weight excluding hydrogens is 357 g/mol. The van der Waals surface area contributed by atoms with Crippen LogP contribution >= 0.6 is 39.1 Å². The third-order valence-electron chi connectivity index (χ3n) is 3.40. The SMILES string of the molecule is CNC(Cc1ccc(Cl)cc1Cl)c1cc(Br)ccc1C. The van der Waals surface area contributed by atoms with Crippen molar-refractivity contribution in [2.24, 2.45) is 0 Å². The van der Waals surface area contributed by atoms with E-state index < -0.39 is 0 Å². The van der Waals surface area contributed by atoms with Crippen molar-refractivity contribution in [2.75, 3.05) is 7.05 Å². The molecule has 20 heavy (non-hydrogen) atoms. The molecule has 0 aliphatic rings. The zero-order valence-corrected chi connectivity index (χ0v) is 14.5. The second-order valence-corrected chi connectivity index (χ2v) is 6.54. The van der Waals surface area contributed by atoms with Crippen LogP contribution in [0.15, 0.2) is 40.9 Å². The first-order valence-corrected chi connectivity index (χ1v) is 7.93. The Morgan fingerprint density at radius 2 is 1.90 bits per heavy atom. The molecule has 1 N–H and O–H groups in total. The third-order valence-corrected chi connectivity index (χ3v) is 4.48. The summed E-state index contributed by atoms with van der Waals surface area (Å²) >= 11 is 15.7. The zero-order valence-electron chi connectivity index (χ0n) is 11.4. The van der Waals surface area contributed by atoms with Crippen molar-refractivity contribution in [1.82, 2.24) is 5.32 Å². The van der Waals surface area contributed by atoms with E-state index in [0.717, 1.165) is 16.5 Å². The summed E-state index contributed by atoms with van der Waals surface area (Å²) in [6.45, 7) is 2.12. The Balaban J connectivity index is 2.31. The summed E-state index contributed by atoms with van der Waals surface area (Å²) in [7, 11) is 1.97. The molecule has 2 aromatic carbocycles. The Bertz CT molecular complexity index is 613. The van der Waals surface area contributed by atoms with E-state index >= 15 is 0 Å². The lowest BCUT2D eigenvalue weighted by molar-refractivity contribution is 0.589. The predicted molar refractivity (Wildman–Crippen MR) is 90.8 cm³/mol. The van der Waals surface area contributed by atoms with E-state index in [-0.39, 0.29) is 6.04 Å². The molecule has 0 radical (unpaired) electrons. The molecule has 0 aliphatic heterocycles. The highest BCUT2D eigenvalue weighted by atomic mass is 79.9. The Kier molecular flexibility index (Phi) is 5.50. The molecule has 0 amide bonds. The topological polar surface area (TPSA) is 12.0 Å². The third kappa shape index (κ3) is 3.76. The molecule has 0 saturated heterocycles. The van der Waals surface area contributed by atoms with Crippen LogP contribution in [-0.2, 0) is 6.42 Å². The fourth-order valence-corrected chi connectivity index (χ4v) is 3.13. The van der Waals surface area contributed by atoms with Crippen LogP contribution < -0.4 is 5.32 Å². The van der Waals surface area contributed by atoms with Crippen LogP contribution in [0.25, 0.3) is 0 Å². The first-order valence-electron chi connectivity index (χ1n) is 6.38. The van der Waals surface area contributed by atoms with E-state index in [0.29, 0.717) is 10.0 Å². The molecule has 106 valence electrons. The second-order valence-electron chi connectivity index (χ2n) is 4.78. The van der Waals surface area contributed by atoms with Gasteiger partial charge in [-0.15, -0.1) is 0 Å².